The summed E-state index contributed by atoms with van der Waals surface area (Å²) < 4.78 is 37.1. The molecule has 0 fully saturated rings. The van der Waals surface area contributed by atoms with Gasteiger partial charge in [0, 0.05) is 0 Å². The number of nitriles is 1. The molecule has 0 aliphatic rings. The Kier molecular flexibility index (Phi) is 3.35. The lowest BCUT2D eigenvalue weighted by Gasteiger charge is -2.09. The van der Waals surface area contributed by atoms with Gasteiger partial charge in [-0.1, -0.05) is 13.3 Å². The van der Waals surface area contributed by atoms with Crippen molar-refractivity contribution in [2.24, 2.45) is 0 Å². The number of hydrogen-bond donors (Lipinski definition) is 0. The molecule has 1 aromatic rings. The van der Waals surface area contributed by atoms with Crippen LogP contribution >= 0.6 is 0 Å². The molecule has 1 nitrogen and oxygen atoms in total. The Labute approximate surface area is 86.1 Å². The third-order valence-electron chi connectivity index (χ3n) is 2.07. The summed E-state index contributed by atoms with van der Waals surface area (Å²) in [5.74, 6) is 0. The normalized spacial score (nSPS) is 11.1. The third kappa shape index (κ3) is 2.72. The van der Waals surface area contributed by atoms with E-state index in [0.29, 0.717) is 17.5 Å². The Morgan fingerprint density at radius 3 is 2.47 bits per heavy atom. The van der Waals surface area contributed by atoms with Gasteiger partial charge in [-0.25, -0.2) is 0 Å². The lowest BCUT2D eigenvalue weighted by molar-refractivity contribution is -0.137. The Balaban J connectivity index is 3.17. The van der Waals surface area contributed by atoms with Crippen LogP contribution in [0.2, 0.25) is 0 Å². The van der Waals surface area contributed by atoms with Crippen LogP contribution in [0.3, 0.4) is 0 Å². The molecule has 0 bridgehead atoms. The Bertz CT molecular complexity index is 388. The van der Waals surface area contributed by atoms with Crippen molar-refractivity contribution < 1.29 is 13.2 Å². The summed E-state index contributed by atoms with van der Waals surface area (Å²) in [5.41, 5.74) is 0.102. The van der Waals surface area contributed by atoms with Crippen LogP contribution in [0.15, 0.2) is 18.2 Å². The number of benzene rings is 1. The number of nitrogens with zero attached hydrogens (tertiary/aromatic N) is 1. The average Bonchev–Trinajstić information content (AvgIpc) is 2.17. The van der Waals surface area contributed by atoms with E-state index in [1.807, 2.05) is 13.0 Å². The van der Waals surface area contributed by atoms with Gasteiger partial charge in [-0.05, 0) is 30.2 Å². The molecule has 1 aromatic carbocycles. The lowest BCUT2D eigenvalue weighted by Crippen LogP contribution is -2.06. The lowest BCUT2D eigenvalue weighted by atomic mass is 10.0. The second-order valence-corrected chi connectivity index (χ2v) is 3.23. The Morgan fingerprint density at radius 1 is 1.33 bits per heavy atom. The van der Waals surface area contributed by atoms with Gasteiger partial charge < -0.3 is 0 Å². The summed E-state index contributed by atoms with van der Waals surface area (Å²) in [6.45, 7) is 1.86. The number of halogens is 3. The molecule has 0 saturated carbocycles. The van der Waals surface area contributed by atoms with E-state index in [9.17, 15) is 13.2 Å². The van der Waals surface area contributed by atoms with Crippen molar-refractivity contribution in [1.82, 2.24) is 0 Å². The van der Waals surface area contributed by atoms with Gasteiger partial charge in [0.05, 0.1) is 17.2 Å². The number of alkyl halides is 3. The van der Waals surface area contributed by atoms with Crippen molar-refractivity contribution in [3.8, 4) is 6.07 Å². The van der Waals surface area contributed by atoms with Crippen LogP contribution in [-0.4, -0.2) is 0 Å². The molecule has 0 atom stereocenters. The van der Waals surface area contributed by atoms with E-state index in [-0.39, 0.29) is 0 Å². The number of rotatable bonds is 2. The van der Waals surface area contributed by atoms with E-state index in [0.717, 1.165) is 18.6 Å². The second-order valence-electron chi connectivity index (χ2n) is 3.23. The maximum Gasteiger partial charge on any atom is 0.416 e. The fourth-order valence-electron chi connectivity index (χ4n) is 1.36. The van der Waals surface area contributed by atoms with Crippen molar-refractivity contribution in [3.05, 3.63) is 34.9 Å². The van der Waals surface area contributed by atoms with Gasteiger partial charge in [-0.2, -0.15) is 18.4 Å². The quantitative estimate of drug-likeness (QED) is 0.737. The maximum absolute atomic E-state index is 12.4. The number of hydrogen-bond acceptors (Lipinski definition) is 1. The van der Waals surface area contributed by atoms with Gasteiger partial charge in [0.15, 0.2) is 0 Å². The molecule has 0 aliphatic heterocycles. The van der Waals surface area contributed by atoms with Crippen LogP contribution in [0.5, 0.6) is 0 Å². The summed E-state index contributed by atoms with van der Waals surface area (Å²) in [6.07, 6.45) is -3.13. The van der Waals surface area contributed by atoms with Crippen LogP contribution in [-0.2, 0) is 12.6 Å². The first-order valence-electron chi connectivity index (χ1n) is 4.59. The summed E-state index contributed by atoms with van der Waals surface area (Å²) in [6, 6.07) is 5.12. The van der Waals surface area contributed by atoms with E-state index in [1.165, 1.54) is 6.07 Å². The van der Waals surface area contributed by atoms with Crippen LogP contribution in [0, 0.1) is 11.3 Å². The van der Waals surface area contributed by atoms with Gasteiger partial charge in [0.1, 0.15) is 0 Å². The molecule has 0 N–H and O–H groups in total. The molecular formula is C11H10F3N. The minimum absolute atomic E-state index is 0.324. The number of aryl methyl sites for hydroxylation is 1. The highest BCUT2D eigenvalue weighted by atomic mass is 19.4. The highest BCUT2D eigenvalue weighted by Gasteiger charge is 2.30. The molecule has 0 aromatic heterocycles. The fourth-order valence-corrected chi connectivity index (χ4v) is 1.36. The van der Waals surface area contributed by atoms with Crippen LogP contribution in [0.25, 0.3) is 0 Å². The molecule has 80 valence electrons. The van der Waals surface area contributed by atoms with Gasteiger partial charge in [-0.15, -0.1) is 0 Å². The van der Waals surface area contributed by atoms with E-state index in [2.05, 4.69) is 0 Å². The zero-order chi connectivity index (χ0) is 11.5. The minimum Gasteiger partial charge on any atom is -0.192 e. The molecule has 0 saturated heterocycles. The molecule has 0 unspecified atom stereocenters. The summed E-state index contributed by atoms with van der Waals surface area (Å²) >= 11 is 0. The van der Waals surface area contributed by atoms with Crippen LogP contribution in [0.1, 0.15) is 30.0 Å². The van der Waals surface area contributed by atoms with E-state index in [4.69, 9.17) is 5.26 Å². The molecule has 0 radical (unpaired) electrons. The topological polar surface area (TPSA) is 23.8 Å². The van der Waals surface area contributed by atoms with Gasteiger partial charge in [0.2, 0.25) is 0 Å². The molecular weight excluding hydrogens is 203 g/mol. The molecule has 0 heterocycles. The highest BCUT2D eigenvalue weighted by Crippen LogP contribution is 2.30. The molecule has 0 spiro atoms. The largest absolute Gasteiger partial charge is 0.416 e. The zero-order valence-electron chi connectivity index (χ0n) is 8.23. The van der Waals surface area contributed by atoms with E-state index < -0.39 is 11.7 Å². The van der Waals surface area contributed by atoms with Crippen LogP contribution < -0.4 is 0 Å². The van der Waals surface area contributed by atoms with Gasteiger partial charge >= 0.3 is 6.18 Å². The second kappa shape index (κ2) is 4.35. The third-order valence-corrected chi connectivity index (χ3v) is 2.07. The first-order chi connectivity index (χ1) is 6.99. The molecule has 0 aliphatic carbocycles. The van der Waals surface area contributed by atoms with E-state index >= 15 is 0 Å². The summed E-state index contributed by atoms with van der Waals surface area (Å²) in [7, 11) is 0. The first-order valence-corrected chi connectivity index (χ1v) is 4.59. The van der Waals surface area contributed by atoms with E-state index in [1.54, 1.807) is 0 Å². The fraction of sp³-hybridized carbons (Fsp3) is 0.364. The van der Waals surface area contributed by atoms with Crippen molar-refractivity contribution in [1.29, 1.82) is 5.26 Å². The molecule has 15 heavy (non-hydrogen) atoms. The van der Waals surface area contributed by atoms with Crippen molar-refractivity contribution in [2.45, 2.75) is 25.9 Å². The first kappa shape index (κ1) is 11.6. The van der Waals surface area contributed by atoms with Crippen molar-refractivity contribution >= 4 is 0 Å². The SMILES string of the molecule is CCCc1cc(C(F)(F)F)ccc1C#N. The predicted octanol–water partition coefficient (Wildman–Crippen LogP) is 3.53. The van der Waals surface area contributed by atoms with Gasteiger partial charge in [0.25, 0.3) is 0 Å². The predicted molar refractivity (Wildman–Crippen MR) is 50.2 cm³/mol. The molecule has 0 amide bonds. The maximum atomic E-state index is 12.4. The Morgan fingerprint density at radius 2 is 2.00 bits per heavy atom. The zero-order valence-corrected chi connectivity index (χ0v) is 8.23. The molecule has 1 rings (SSSR count). The van der Waals surface area contributed by atoms with Crippen LogP contribution in [0.4, 0.5) is 13.2 Å². The molecule has 4 heteroatoms. The van der Waals surface area contributed by atoms with Crippen molar-refractivity contribution in [2.75, 3.05) is 0 Å². The monoisotopic (exact) mass is 213 g/mol. The summed E-state index contributed by atoms with van der Waals surface area (Å²) in [4.78, 5) is 0. The minimum atomic E-state index is -4.34. The smallest absolute Gasteiger partial charge is 0.192 e. The standard InChI is InChI=1S/C11H10F3N/c1-2-3-8-6-10(11(12,13)14)5-4-9(8)7-15/h4-6H,2-3H2,1H3. The highest BCUT2D eigenvalue weighted by molar-refractivity contribution is 5.41. The summed E-state index contributed by atoms with van der Waals surface area (Å²) in [5, 5.41) is 8.71. The van der Waals surface area contributed by atoms with Crippen molar-refractivity contribution in [3.63, 3.8) is 0 Å². The average molecular weight is 213 g/mol. The Hall–Kier alpha value is -1.50. The van der Waals surface area contributed by atoms with Gasteiger partial charge in [-0.3, -0.25) is 0 Å².